The van der Waals surface area contributed by atoms with Crippen molar-refractivity contribution in [3.8, 4) is 17.3 Å². The van der Waals surface area contributed by atoms with E-state index in [-0.39, 0.29) is 0 Å². The highest BCUT2D eigenvalue weighted by Crippen LogP contribution is 2.53. The number of pyridine rings is 1. The van der Waals surface area contributed by atoms with E-state index >= 15 is 0 Å². The van der Waals surface area contributed by atoms with Crippen LogP contribution in [0.25, 0.3) is 11.3 Å². The van der Waals surface area contributed by atoms with Crippen LogP contribution in [0, 0.1) is 11.3 Å². The zero-order valence-electron chi connectivity index (χ0n) is 17.0. The lowest BCUT2D eigenvalue weighted by Gasteiger charge is -2.32. The highest BCUT2D eigenvalue weighted by Gasteiger charge is 2.52. The Hall–Kier alpha value is -2.16. The Labute approximate surface area is 167 Å². The number of hydrogen-bond donors (Lipinski definition) is 0. The van der Waals surface area contributed by atoms with Crippen LogP contribution >= 0.6 is 0 Å². The summed E-state index contributed by atoms with van der Waals surface area (Å²) in [6, 6.07) is 10.8. The molecule has 0 radical (unpaired) electrons. The van der Waals surface area contributed by atoms with E-state index in [0.717, 1.165) is 22.6 Å². The predicted octanol–water partition coefficient (Wildman–Crippen LogP) is 4.28. The Morgan fingerprint density at radius 1 is 1.04 bits per heavy atom. The molecule has 5 rings (SSSR count). The first-order valence-electron chi connectivity index (χ1n) is 10.2. The summed E-state index contributed by atoms with van der Waals surface area (Å²) in [6.45, 7) is 8.10. The second-order valence-electron chi connectivity index (χ2n) is 9.42. The molecular weight excluding hydrogens is 347 g/mol. The lowest BCUT2D eigenvalue weighted by Crippen LogP contribution is -2.41. The van der Waals surface area contributed by atoms with Crippen molar-refractivity contribution in [3.63, 3.8) is 0 Å². The standard InChI is InChI=1S/C23H25BN2O2/c1-22(2)23(3,4)28-24(27-22)18-10-17(12-25)21(26-13-18)16-7-8-19-14-5-6-15(9-14)20(19)11-16/h7-8,10-11,13-15H,5-6,9H2,1-4H3. The van der Waals surface area contributed by atoms with E-state index in [4.69, 9.17) is 9.31 Å². The number of rotatable bonds is 2. The molecule has 2 unspecified atom stereocenters. The van der Waals surface area contributed by atoms with E-state index in [0.29, 0.717) is 11.5 Å². The maximum Gasteiger partial charge on any atom is 0.496 e. The molecular formula is C23H25BN2O2. The molecule has 0 N–H and O–H groups in total. The molecule has 28 heavy (non-hydrogen) atoms. The van der Waals surface area contributed by atoms with E-state index in [2.05, 4.69) is 29.3 Å². The van der Waals surface area contributed by atoms with Crippen LogP contribution < -0.4 is 5.46 Å². The molecule has 2 atom stereocenters. The third-order valence-corrected chi connectivity index (χ3v) is 7.23. The largest absolute Gasteiger partial charge is 0.496 e. The van der Waals surface area contributed by atoms with E-state index < -0.39 is 18.3 Å². The van der Waals surface area contributed by atoms with Crippen LogP contribution in [-0.2, 0) is 9.31 Å². The summed E-state index contributed by atoms with van der Waals surface area (Å²) >= 11 is 0. The molecule has 2 heterocycles. The van der Waals surface area contributed by atoms with E-state index in [1.165, 1.54) is 30.4 Å². The van der Waals surface area contributed by atoms with Crippen LogP contribution in [0.1, 0.15) is 75.5 Å². The molecule has 0 spiro atoms. The van der Waals surface area contributed by atoms with Crippen LogP contribution in [0.4, 0.5) is 0 Å². The fourth-order valence-electron chi connectivity index (χ4n) is 4.90. The molecule has 1 aromatic heterocycles. The van der Waals surface area contributed by atoms with Crippen molar-refractivity contribution in [1.82, 2.24) is 4.98 Å². The summed E-state index contributed by atoms with van der Waals surface area (Å²) in [6.07, 6.45) is 5.69. The van der Waals surface area contributed by atoms with Gasteiger partial charge in [-0.15, -0.1) is 0 Å². The van der Waals surface area contributed by atoms with Gasteiger partial charge < -0.3 is 9.31 Å². The maximum atomic E-state index is 9.78. The highest BCUT2D eigenvalue weighted by atomic mass is 16.7. The average Bonchev–Trinajstić information content (AvgIpc) is 3.33. The van der Waals surface area contributed by atoms with Crippen LogP contribution in [0.2, 0.25) is 0 Å². The fourth-order valence-corrected chi connectivity index (χ4v) is 4.90. The molecule has 1 aliphatic heterocycles. The van der Waals surface area contributed by atoms with Crippen molar-refractivity contribution in [2.45, 2.75) is 70.0 Å². The fraction of sp³-hybridized carbons (Fsp3) is 0.478. The number of hydrogen-bond acceptors (Lipinski definition) is 4. The van der Waals surface area contributed by atoms with E-state index in [9.17, 15) is 5.26 Å². The number of nitrogens with zero attached hydrogens (tertiary/aromatic N) is 2. The van der Waals surface area contributed by atoms with Gasteiger partial charge in [0.25, 0.3) is 0 Å². The second kappa shape index (κ2) is 5.92. The van der Waals surface area contributed by atoms with Crippen molar-refractivity contribution >= 4 is 12.6 Å². The Morgan fingerprint density at radius 3 is 2.39 bits per heavy atom. The van der Waals surface area contributed by atoms with Gasteiger partial charge >= 0.3 is 7.12 Å². The smallest absolute Gasteiger partial charge is 0.399 e. The molecule has 1 aromatic carbocycles. The predicted molar refractivity (Wildman–Crippen MR) is 109 cm³/mol. The zero-order chi connectivity index (χ0) is 19.7. The van der Waals surface area contributed by atoms with Crippen molar-refractivity contribution < 1.29 is 9.31 Å². The molecule has 142 valence electrons. The number of fused-ring (bicyclic) bond motifs is 5. The first-order chi connectivity index (χ1) is 13.3. The molecule has 1 saturated heterocycles. The molecule has 0 amide bonds. The maximum absolute atomic E-state index is 9.78. The average molecular weight is 372 g/mol. The van der Waals surface area contributed by atoms with Gasteiger partial charge in [0.2, 0.25) is 0 Å². The molecule has 2 aliphatic carbocycles. The summed E-state index contributed by atoms with van der Waals surface area (Å²) in [5, 5.41) is 9.78. The van der Waals surface area contributed by atoms with Gasteiger partial charge in [-0.1, -0.05) is 12.1 Å². The summed E-state index contributed by atoms with van der Waals surface area (Å²) in [5.74, 6) is 1.43. The normalized spacial score (nSPS) is 26.3. The van der Waals surface area contributed by atoms with Crippen molar-refractivity contribution in [3.05, 3.63) is 47.2 Å². The zero-order valence-corrected chi connectivity index (χ0v) is 17.0. The van der Waals surface area contributed by atoms with Crippen LogP contribution in [0.15, 0.2) is 30.5 Å². The number of benzene rings is 1. The summed E-state index contributed by atoms with van der Waals surface area (Å²) in [7, 11) is -0.505. The quantitative estimate of drug-likeness (QED) is 0.739. The van der Waals surface area contributed by atoms with Crippen molar-refractivity contribution in [2.24, 2.45) is 0 Å². The third kappa shape index (κ3) is 2.55. The van der Waals surface area contributed by atoms with Gasteiger partial charge in [0, 0.05) is 17.2 Å². The molecule has 1 saturated carbocycles. The SMILES string of the molecule is CC1(C)OB(c2cnc(-c3ccc4c(c3)C3CCC4C3)c(C#N)c2)OC1(C)C. The molecule has 5 heteroatoms. The lowest BCUT2D eigenvalue weighted by molar-refractivity contribution is 0.00578. The minimum atomic E-state index is -0.505. The number of nitriles is 1. The van der Waals surface area contributed by atoms with Gasteiger partial charge in [0.15, 0.2) is 0 Å². The first kappa shape index (κ1) is 17.9. The van der Waals surface area contributed by atoms with Gasteiger partial charge in [-0.05, 0) is 82.1 Å². The van der Waals surface area contributed by atoms with Crippen molar-refractivity contribution in [2.75, 3.05) is 0 Å². The van der Waals surface area contributed by atoms with Gasteiger partial charge in [0.1, 0.15) is 6.07 Å². The summed E-state index contributed by atoms with van der Waals surface area (Å²) in [5.41, 5.74) is 5.28. The second-order valence-corrected chi connectivity index (χ2v) is 9.42. The molecule has 2 aromatic rings. The van der Waals surface area contributed by atoms with E-state index in [1.807, 2.05) is 33.8 Å². The van der Waals surface area contributed by atoms with Crippen LogP contribution in [-0.4, -0.2) is 23.3 Å². The molecule has 2 fully saturated rings. The Bertz CT molecular complexity index is 992. The Kier molecular flexibility index (Phi) is 3.79. The molecule has 2 bridgehead atoms. The Morgan fingerprint density at radius 2 is 1.71 bits per heavy atom. The summed E-state index contributed by atoms with van der Waals surface area (Å²) < 4.78 is 12.2. The van der Waals surface area contributed by atoms with E-state index in [1.54, 1.807) is 6.20 Å². The number of aromatic nitrogens is 1. The van der Waals surface area contributed by atoms with Gasteiger partial charge in [-0.3, -0.25) is 4.98 Å². The monoisotopic (exact) mass is 372 g/mol. The van der Waals surface area contributed by atoms with Gasteiger partial charge in [-0.25, -0.2) is 0 Å². The minimum Gasteiger partial charge on any atom is -0.399 e. The van der Waals surface area contributed by atoms with Crippen LogP contribution in [0.3, 0.4) is 0 Å². The third-order valence-electron chi connectivity index (χ3n) is 7.23. The molecule has 3 aliphatic rings. The first-order valence-corrected chi connectivity index (χ1v) is 10.2. The minimum absolute atomic E-state index is 0.414. The van der Waals surface area contributed by atoms with Gasteiger partial charge in [0.05, 0.1) is 22.5 Å². The highest BCUT2D eigenvalue weighted by molar-refractivity contribution is 6.62. The summed E-state index contributed by atoms with van der Waals surface area (Å²) in [4.78, 5) is 4.66. The topological polar surface area (TPSA) is 55.1 Å². The van der Waals surface area contributed by atoms with Crippen molar-refractivity contribution in [1.29, 1.82) is 5.26 Å². The lowest BCUT2D eigenvalue weighted by atomic mass is 9.79. The van der Waals surface area contributed by atoms with Crippen LogP contribution in [0.5, 0.6) is 0 Å². The Balaban J connectivity index is 1.50. The van der Waals surface area contributed by atoms with Gasteiger partial charge in [-0.2, -0.15) is 5.26 Å². The molecule has 4 nitrogen and oxygen atoms in total.